The Bertz CT molecular complexity index is 286. The van der Waals surface area contributed by atoms with Gasteiger partial charge in [-0.2, -0.15) is 5.10 Å². The van der Waals surface area contributed by atoms with Gasteiger partial charge in [-0.3, -0.25) is 4.68 Å². The van der Waals surface area contributed by atoms with Crippen molar-refractivity contribution in [1.29, 1.82) is 0 Å². The zero-order valence-corrected chi connectivity index (χ0v) is 10.6. The number of ether oxygens (including phenoxy) is 1. The summed E-state index contributed by atoms with van der Waals surface area (Å²) in [6.45, 7) is 9.79. The van der Waals surface area contributed by atoms with Gasteiger partial charge in [0.05, 0.1) is 12.8 Å². The lowest BCUT2D eigenvalue weighted by Crippen LogP contribution is -2.31. The van der Waals surface area contributed by atoms with Crippen LogP contribution in [0, 0.1) is 6.92 Å². The lowest BCUT2D eigenvalue weighted by molar-refractivity contribution is 0.127. The molecule has 0 fully saturated rings. The molecule has 0 radical (unpaired) electrons. The molecule has 0 saturated carbocycles. The molecule has 0 amide bonds. The van der Waals surface area contributed by atoms with Crippen molar-refractivity contribution in [1.82, 2.24) is 15.1 Å². The van der Waals surface area contributed by atoms with Gasteiger partial charge < -0.3 is 10.1 Å². The average Bonchev–Trinajstić information content (AvgIpc) is 2.67. The summed E-state index contributed by atoms with van der Waals surface area (Å²) >= 11 is 0. The Morgan fingerprint density at radius 2 is 2.38 bits per heavy atom. The third-order valence-corrected chi connectivity index (χ3v) is 2.39. The average molecular weight is 225 g/mol. The summed E-state index contributed by atoms with van der Waals surface area (Å²) in [7, 11) is 0. The van der Waals surface area contributed by atoms with E-state index < -0.39 is 0 Å². The van der Waals surface area contributed by atoms with Crippen LogP contribution in [0.1, 0.15) is 25.8 Å². The highest BCUT2D eigenvalue weighted by atomic mass is 16.5. The van der Waals surface area contributed by atoms with Crippen molar-refractivity contribution in [3.05, 3.63) is 18.0 Å². The smallest absolute Gasteiger partial charge is 0.0616 e. The van der Waals surface area contributed by atoms with Crippen molar-refractivity contribution in [3.63, 3.8) is 0 Å². The van der Waals surface area contributed by atoms with E-state index in [9.17, 15) is 0 Å². The zero-order chi connectivity index (χ0) is 11.8. The summed E-state index contributed by atoms with van der Waals surface area (Å²) in [5.41, 5.74) is 1.22. The largest absolute Gasteiger partial charge is 0.380 e. The quantitative estimate of drug-likeness (QED) is 0.683. The minimum Gasteiger partial charge on any atom is -0.380 e. The summed E-state index contributed by atoms with van der Waals surface area (Å²) in [4.78, 5) is 0. The minimum absolute atomic E-state index is 0.430. The Morgan fingerprint density at radius 1 is 1.56 bits per heavy atom. The maximum atomic E-state index is 5.33. The molecule has 0 saturated heterocycles. The van der Waals surface area contributed by atoms with Gasteiger partial charge in [-0.1, -0.05) is 0 Å². The lowest BCUT2D eigenvalue weighted by atomic mass is 10.3. The van der Waals surface area contributed by atoms with Gasteiger partial charge in [-0.05, 0) is 39.3 Å². The first kappa shape index (κ1) is 13.2. The van der Waals surface area contributed by atoms with Gasteiger partial charge in [0.1, 0.15) is 0 Å². The molecule has 4 heteroatoms. The summed E-state index contributed by atoms with van der Waals surface area (Å²) in [6, 6.07) is 0.430. The molecule has 0 aromatic carbocycles. The molecule has 0 spiro atoms. The molecule has 16 heavy (non-hydrogen) atoms. The van der Waals surface area contributed by atoms with Gasteiger partial charge in [0, 0.05) is 25.4 Å². The van der Waals surface area contributed by atoms with Gasteiger partial charge in [-0.25, -0.2) is 0 Å². The molecule has 1 aromatic heterocycles. The first-order valence-corrected chi connectivity index (χ1v) is 6.02. The number of aryl methyl sites for hydroxylation is 2. The van der Waals surface area contributed by atoms with E-state index in [0.717, 1.165) is 32.7 Å². The number of aromatic nitrogens is 2. The van der Waals surface area contributed by atoms with Crippen molar-refractivity contribution in [3.8, 4) is 0 Å². The molecular formula is C12H23N3O. The molecule has 1 unspecified atom stereocenters. The first-order valence-electron chi connectivity index (χ1n) is 6.02. The zero-order valence-electron chi connectivity index (χ0n) is 10.6. The Kier molecular flexibility index (Phi) is 6.11. The fourth-order valence-corrected chi connectivity index (χ4v) is 1.53. The van der Waals surface area contributed by atoms with Crippen LogP contribution in [-0.4, -0.2) is 35.6 Å². The SMILES string of the molecule is CCOCC(C)NCCCn1cc(C)cn1. The molecule has 0 bridgehead atoms. The number of nitrogens with one attached hydrogen (secondary N) is 1. The van der Waals surface area contributed by atoms with Crippen molar-refractivity contribution in [2.75, 3.05) is 19.8 Å². The molecule has 0 aliphatic carbocycles. The van der Waals surface area contributed by atoms with Gasteiger partial charge >= 0.3 is 0 Å². The minimum atomic E-state index is 0.430. The number of rotatable bonds is 8. The third-order valence-electron chi connectivity index (χ3n) is 2.39. The summed E-state index contributed by atoms with van der Waals surface area (Å²) in [5, 5.41) is 7.67. The highest BCUT2D eigenvalue weighted by Crippen LogP contribution is 1.95. The van der Waals surface area contributed by atoms with E-state index in [2.05, 4.69) is 30.5 Å². The van der Waals surface area contributed by atoms with Crippen LogP contribution in [0.25, 0.3) is 0 Å². The van der Waals surface area contributed by atoms with Gasteiger partial charge in [0.25, 0.3) is 0 Å². The van der Waals surface area contributed by atoms with Crippen LogP contribution < -0.4 is 5.32 Å². The molecule has 1 heterocycles. The summed E-state index contributed by atoms with van der Waals surface area (Å²) < 4.78 is 7.32. The maximum absolute atomic E-state index is 5.33. The molecule has 1 rings (SSSR count). The number of nitrogens with zero attached hydrogens (tertiary/aromatic N) is 2. The van der Waals surface area contributed by atoms with Gasteiger partial charge in [0.15, 0.2) is 0 Å². The van der Waals surface area contributed by atoms with Crippen LogP contribution in [0.2, 0.25) is 0 Å². The molecule has 4 nitrogen and oxygen atoms in total. The summed E-state index contributed by atoms with van der Waals surface area (Å²) in [6.07, 6.45) is 5.06. The van der Waals surface area contributed by atoms with Crippen molar-refractivity contribution in [2.24, 2.45) is 0 Å². The second kappa shape index (κ2) is 7.41. The van der Waals surface area contributed by atoms with E-state index in [0.29, 0.717) is 6.04 Å². The Balaban J connectivity index is 2.03. The van der Waals surface area contributed by atoms with Gasteiger partial charge in [-0.15, -0.1) is 0 Å². The van der Waals surface area contributed by atoms with Crippen molar-refractivity contribution < 1.29 is 4.74 Å². The highest BCUT2D eigenvalue weighted by molar-refractivity contribution is 4.99. The fraction of sp³-hybridized carbons (Fsp3) is 0.750. The van der Waals surface area contributed by atoms with Crippen LogP contribution >= 0.6 is 0 Å². The van der Waals surface area contributed by atoms with Crippen LogP contribution in [-0.2, 0) is 11.3 Å². The molecule has 92 valence electrons. The first-order chi connectivity index (χ1) is 7.72. The normalized spacial score (nSPS) is 12.9. The van der Waals surface area contributed by atoms with Crippen LogP contribution in [0.4, 0.5) is 0 Å². The second-order valence-electron chi connectivity index (χ2n) is 4.15. The summed E-state index contributed by atoms with van der Waals surface area (Å²) in [5.74, 6) is 0. The van der Waals surface area contributed by atoms with Gasteiger partial charge in [0.2, 0.25) is 0 Å². The standard InChI is InChI=1S/C12H23N3O/c1-4-16-10-12(3)13-6-5-7-15-9-11(2)8-14-15/h8-9,12-13H,4-7,10H2,1-3H3. The third kappa shape index (κ3) is 5.28. The van der Waals surface area contributed by atoms with E-state index in [-0.39, 0.29) is 0 Å². The topological polar surface area (TPSA) is 39.1 Å². The van der Waals surface area contributed by atoms with Crippen LogP contribution in [0.15, 0.2) is 12.4 Å². The molecule has 0 aliphatic rings. The predicted molar refractivity (Wildman–Crippen MR) is 65.5 cm³/mol. The van der Waals surface area contributed by atoms with E-state index in [1.165, 1.54) is 5.56 Å². The molecular weight excluding hydrogens is 202 g/mol. The maximum Gasteiger partial charge on any atom is 0.0616 e. The number of hydrogen-bond donors (Lipinski definition) is 1. The van der Waals surface area contributed by atoms with Crippen molar-refractivity contribution >= 4 is 0 Å². The van der Waals surface area contributed by atoms with Crippen LogP contribution in [0.5, 0.6) is 0 Å². The molecule has 0 aliphatic heterocycles. The Labute approximate surface area is 98.0 Å². The molecule has 1 N–H and O–H groups in total. The van der Waals surface area contributed by atoms with E-state index in [4.69, 9.17) is 4.74 Å². The highest BCUT2D eigenvalue weighted by Gasteiger charge is 2.00. The fourth-order valence-electron chi connectivity index (χ4n) is 1.53. The molecule has 1 aromatic rings. The van der Waals surface area contributed by atoms with E-state index in [1.54, 1.807) is 0 Å². The van der Waals surface area contributed by atoms with E-state index in [1.807, 2.05) is 17.8 Å². The van der Waals surface area contributed by atoms with Crippen LogP contribution in [0.3, 0.4) is 0 Å². The van der Waals surface area contributed by atoms with Crippen molar-refractivity contribution in [2.45, 2.75) is 39.8 Å². The lowest BCUT2D eigenvalue weighted by Gasteiger charge is -2.13. The number of hydrogen-bond acceptors (Lipinski definition) is 3. The molecule has 1 atom stereocenters. The van der Waals surface area contributed by atoms with E-state index >= 15 is 0 Å². The predicted octanol–water partition coefficient (Wildman–Crippen LogP) is 1.60. The Hall–Kier alpha value is -0.870. The Morgan fingerprint density at radius 3 is 3.00 bits per heavy atom. The second-order valence-corrected chi connectivity index (χ2v) is 4.15. The monoisotopic (exact) mass is 225 g/mol.